The molecular formula is C12H15ClN2. The van der Waals surface area contributed by atoms with E-state index in [2.05, 4.69) is 31.7 Å². The second-order valence-corrected chi connectivity index (χ2v) is 4.06. The first-order valence-corrected chi connectivity index (χ1v) is 5.44. The molecule has 0 aromatic heterocycles. The zero-order valence-corrected chi connectivity index (χ0v) is 10.0. The average molecular weight is 223 g/mol. The van der Waals surface area contributed by atoms with E-state index in [9.17, 15) is 0 Å². The first-order valence-electron chi connectivity index (χ1n) is 5.06. The highest BCUT2D eigenvalue weighted by Gasteiger charge is 2.09. The van der Waals surface area contributed by atoms with Gasteiger partial charge in [0, 0.05) is 18.3 Å². The average Bonchev–Trinajstić information content (AvgIpc) is 2.18. The summed E-state index contributed by atoms with van der Waals surface area (Å²) >= 11 is 5.99. The van der Waals surface area contributed by atoms with Crippen LogP contribution in [0.3, 0.4) is 0 Å². The van der Waals surface area contributed by atoms with E-state index in [1.54, 1.807) is 6.07 Å². The molecular weight excluding hydrogens is 208 g/mol. The predicted molar refractivity (Wildman–Crippen MR) is 64.3 cm³/mol. The molecule has 1 aromatic rings. The third kappa shape index (κ3) is 2.64. The Morgan fingerprint density at radius 3 is 2.53 bits per heavy atom. The van der Waals surface area contributed by atoms with Crippen molar-refractivity contribution in [3.05, 3.63) is 28.8 Å². The maximum Gasteiger partial charge on any atom is 0.101 e. The highest BCUT2D eigenvalue weighted by molar-refractivity contribution is 6.32. The van der Waals surface area contributed by atoms with E-state index in [-0.39, 0.29) is 0 Å². The lowest BCUT2D eigenvalue weighted by Gasteiger charge is -2.27. The molecule has 0 heterocycles. The second-order valence-electron chi connectivity index (χ2n) is 3.66. The van der Waals surface area contributed by atoms with Crippen LogP contribution in [0.2, 0.25) is 5.02 Å². The number of rotatable bonds is 3. The third-order valence-electron chi connectivity index (χ3n) is 2.37. The first kappa shape index (κ1) is 11.9. The highest BCUT2D eigenvalue weighted by Crippen LogP contribution is 2.24. The van der Waals surface area contributed by atoms with Gasteiger partial charge in [0.15, 0.2) is 0 Å². The number of benzene rings is 1. The van der Waals surface area contributed by atoms with Gasteiger partial charge in [0.25, 0.3) is 0 Å². The SMILES string of the molecule is CCN(c1ccc(C#N)c(Cl)c1)C(C)C. The molecule has 0 bridgehead atoms. The van der Waals surface area contributed by atoms with Crippen molar-refractivity contribution in [3.63, 3.8) is 0 Å². The van der Waals surface area contributed by atoms with Gasteiger partial charge in [-0.05, 0) is 39.0 Å². The molecule has 0 radical (unpaired) electrons. The van der Waals surface area contributed by atoms with Crippen molar-refractivity contribution in [1.29, 1.82) is 5.26 Å². The van der Waals surface area contributed by atoms with Crippen LogP contribution in [-0.2, 0) is 0 Å². The minimum absolute atomic E-state index is 0.430. The van der Waals surface area contributed by atoms with E-state index in [0.29, 0.717) is 16.6 Å². The molecule has 0 amide bonds. The Hall–Kier alpha value is -1.20. The van der Waals surface area contributed by atoms with E-state index in [1.807, 2.05) is 12.1 Å². The Morgan fingerprint density at radius 1 is 1.47 bits per heavy atom. The molecule has 1 aromatic carbocycles. The van der Waals surface area contributed by atoms with Crippen LogP contribution in [0.5, 0.6) is 0 Å². The van der Waals surface area contributed by atoms with Crippen LogP contribution in [0.1, 0.15) is 26.3 Å². The van der Waals surface area contributed by atoms with Crippen LogP contribution >= 0.6 is 11.6 Å². The summed E-state index contributed by atoms with van der Waals surface area (Å²) < 4.78 is 0. The smallest absolute Gasteiger partial charge is 0.101 e. The summed E-state index contributed by atoms with van der Waals surface area (Å²) in [7, 11) is 0. The molecule has 2 nitrogen and oxygen atoms in total. The minimum atomic E-state index is 0.430. The van der Waals surface area contributed by atoms with Gasteiger partial charge in [-0.1, -0.05) is 11.6 Å². The van der Waals surface area contributed by atoms with Crippen LogP contribution < -0.4 is 4.90 Å². The standard InChI is InChI=1S/C12H15ClN2/c1-4-15(9(2)3)11-6-5-10(8-14)12(13)7-11/h5-7,9H,4H2,1-3H3. The van der Waals surface area contributed by atoms with E-state index < -0.39 is 0 Å². The Kier molecular flexibility index (Phi) is 3.99. The van der Waals surface area contributed by atoms with E-state index in [0.717, 1.165) is 12.2 Å². The topological polar surface area (TPSA) is 27.0 Å². The van der Waals surface area contributed by atoms with Gasteiger partial charge in [0.2, 0.25) is 0 Å². The Balaban J connectivity index is 3.06. The van der Waals surface area contributed by atoms with Gasteiger partial charge in [0.05, 0.1) is 10.6 Å². The van der Waals surface area contributed by atoms with Crippen molar-refractivity contribution < 1.29 is 0 Å². The normalized spacial score (nSPS) is 10.1. The van der Waals surface area contributed by atoms with Crippen LogP contribution in [0.25, 0.3) is 0 Å². The number of hydrogen-bond acceptors (Lipinski definition) is 2. The van der Waals surface area contributed by atoms with Crippen molar-refractivity contribution in [2.24, 2.45) is 0 Å². The molecule has 0 fully saturated rings. The fourth-order valence-corrected chi connectivity index (χ4v) is 1.84. The Labute approximate surface area is 96.1 Å². The highest BCUT2D eigenvalue weighted by atomic mass is 35.5. The van der Waals surface area contributed by atoms with E-state index in [4.69, 9.17) is 16.9 Å². The summed E-state index contributed by atoms with van der Waals surface area (Å²) in [5.41, 5.74) is 1.59. The lowest BCUT2D eigenvalue weighted by Crippen LogP contribution is -2.30. The summed E-state index contributed by atoms with van der Waals surface area (Å²) in [5.74, 6) is 0. The summed E-state index contributed by atoms with van der Waals surface area (Å²) in [6.07, 6.45) is 0. The maximum absolute atomic E-state index is 8.77. The van der Waals surface area contributed by atoms with Gasteiger partial charge in [0.1, 0.15) is 6.07 Å². The first-order chi connectivity index (χ1) is 7.10. The lowest BCUT2D eigenvalue weighted by molar-refractivity contribution is 0.704. The molecule has 0 aliphatic heterocycles. The number of nitriles is 1. The molecule has 0 aliphatic rings. The molecule has 80 valence electrons. The zero-order chi connectivity index (χ0) is 11.4. The minimum Gasteiger partial charge on any atom is -0.369 e. The fraction of sp³-hybridized carbons (Fsp3) is 0.417. The molecule has 0 unspecified atom stereocenters. The molecule has 0 aliphatic carbocycles. The van der Waals surface area contributed by atoms with Gasteiger partial charge in [-0.2, -0.15) is 5.26 Å². The largest absolute Gasteiger partial charge is 0.369 e. The van der Waals surface area contributed by atoms with Crippen molar-refractivity contribution in [1.82, 2.24) is 0 Å². The summed E-state index contributed by atoms with van der Waals surface area (Å²) in [5, 5.41) is 9.29. The molecule has 0 saturated carbocycles. The van der Waals surface area contributed by atoms with Gasteiger partial charge in [-0.3, -0.25) is 0 Å². The van der Waals surface area contributed by atoms with E-state index in [1.165, 1.54) is 0 Å². The van der Waals surface area contributed by atoms with Gasteiger partial charge in [-0.15, -0.1) is 0 Å². The number of hydrogen-bond donors (Lipinski definition) is 0. The summed E-state index contributed by atoms with van der Waals surface area (Å²) in [6, 6.07) is 8.04. The van der Waals surface area contributed by atoms with Crippen LogP contribution in [0, 0.1) is 11.3 Å². The van der Waals surface area contributed by atoms with Gasteiger partial charge in [-0.25, -0.2) is 0 Å². The molecule has 0 saturated heterocycles. The lowest BCUT2D eigenvalue weighted by atomic mass is 10.2. The molecule has 1 rings (SSSR count). The Morgan fingerprint density at radius 2 is 2.13 bits per heavy atom. The molecule has 0 atom stereocenters. The third-order valence-corrected chi connectivity index (χ3v) is 2.68. The van der Waals surface area contributed by atoms with Gasteiger partial charge >= 0.3 is 0 Å². The van der Waals surface area contributed by atoms with Crippen molar-refractivity contribution in [2.75, 3.05) is 11.4 Å². The fourth-order valence-electron chi connectivity index (χ4n) is 1.62. The molecule has 3 heteroatoms. The Bertz CT molecular complexity index is 380. The van der Waals surface area contributed by atoms with Crippen molar-refractivity contribution >= 4 is 17.3 Å². The van der Waals surface area contributed by atoms with Crippen LogP contribution in [0.15, 0.2) is 18.2 Å². The monoisotopic (exact) mass is 222 g/mol. The van der Waals surface area contributed by atoms with E-state index >= 15 is 0 Å². The molecule has 0 spiro atoms. The predicted octanol–water partition coefficient (Wildman–Crippen LogP) is 3.45. The zero-order valence-electron chi connectivity index (χ0n) is 9.29. The number of halogens is 1. The summed E-state index contributed by atoms with van der Waals surface area (Å²) in [4.78, 5) is 2.23. The molecule has 15 heavy (non-hydrogen) atoms. The van der Waals surface area contributed by atoms with Crippen LogP contribution in [0.4, 0.5) is 5.69 Å². The molecule has 0 N–H and O–H groups in total. The maximum atomic E-state index is 8.77. The number of nitrogens with zero attached hydrogens (tertiary/aromatic N) is 2. The quantitative estimate of drug-likeness (QED) is 0.784. The van der Waals surface area contributed by atoms with Crippen molar-refractivity contribution in [2.45, 2.75) is 26.8 Å². The number of anilines is 1. The van der Waals surface area contributed by atoms with Crippen LogP contribution in [-0.4, -0.2) is 12.6 Å². The van der Waals surface area contributed by atoms with Crippen molar-refractivity contribution in [3.8, 4) is 6.07 Å². The second kappa shape index (κ2) is 5.04. The summed E-state index contributed by atoms with van der Waals surface area (Å²) in [6.45, 7) is 7.30. The van der Waals surface area contributed by atoms with Gasteiger partial charge < -0.3 is 4.90 Å².